The molecule has 1 saturated heterocycles. The van der Waals surface area contributed by atoms with E-state index in [-0.39, 0.29) is 24.1 Å². The smallest absolute Gasteiger partial charge is 0.416 e. The number of ether oxygens (including phenoxy) is 1. The highest BCUT2D eigenvalue weighted by molar-refractivity contribution is 7.79. The minimum Gasteiger partial charge on any atom is -0.771 e. The fraction of sp³-hybridized carbons (Fsp3) is 0.379. The number of amides is 1. The minimum absolute atomic E-state index is 0.0351. The molecule has 5 rings (SSSR count). The van der Waals surface area contributed by atoms with Crippen LogP contribution in [-0.2, 0) is 17.3 Å². The van der Waals surface area contributed by atoms with E-state index in [0.29, 0.717) is 23.3 Å². The molecule has 1 amide bonds. The first kappa shape index (κ1) is 29.0. The summed E-state index contributed by atoms with van der Waals surface area (Å²) < 4.78 is 71.1. The third-order valence-electron chi connectivity index (χ3n) is 7.75. The largest absolute Gasteiger partial charge is 0.771 e. The Hall–Kier alpha value is -3.48. The van der Waals surface area contributed by atoms with Crippen LogP contribution in [-0.4, -0.2) is 57.3 Å². The number of benzene rings is 2. The number of alkyl halides is 3. The van der Waals surface area contributed by atoms with E-state index in [1.165, 1.54) is 12.1 Å². The third-order valence-corrected chi connectivity index (χ3v) is 8.53. The van der Waals surface area contributed by atoms with Crippen molar-refractivity contribution in [2.45, 2.75) is 42.9 Å². The van der Waals surface area contributed by atoms with Crippen molar-refractivity contribution in [3.63, 3.8) is 0 Å². The number of nitrogens with one attached hydrogen (secondary N) is 1. The third kappa shape index (κ3) is 6.39. The van der Waals surface area contributed by atoms with Crippen molar-refractivity contribution in [2.75, 3.05) is 31.6 Å². The predicted molar refractivity (Wildman–Crippen MR) is 147 cm³/mol. The highest BCUT2D eigenvalue weighted by atomic mass is 32.2. The highest BCUT2D eigenvalue weighted by Crippen LogP contribution is 2.39. The number of pyridine rings is 1. The van der Waals surface area contributed by atoms with Crippen LogP contribution in [0, 0.1) is 0 Å². The van der Waals surface area contributed by atoms with Gasteiger partial charge in [-0.2, -0.15) is 13.2 Å². The van der Waals surface area contributed by atoms with E-state index in [1.54, 1.807) is 42.5 Å². The molecule has 2 aliphatic rings. The van der Waals surface area contributed by atoms with E-state index in [2.05, 4.69) is 15.2 Å². The molecule has 1 N–H and O–H groups in total. The van der Waals surface area contributed by atoms with Crippen molar-refractivity contribution < 1.29 is 31.5 Å². The van der Waals surface area contributed by atoms with Crippen molar-refractivity contribution in [3.05, 3.63) is 89.2 Å². The predicted octanol–water partition coefficient (Wildman–Crippen LogP) is 4.83. The van der Waals surface area contributed by atoms with Crippen LogP contribution in [0.3, 0.4) is 0 Å². The van der Waals surface area contributed by atoms with Gasteiger partial charge in [0.25, 0.3) is 5.91 Å². The van der Waals surface area contributed by atoms with Gasteiger partial charge in [-0.3, -0.25) is 19.3 Å². The number of halogens is 3. The first-order chi connectivity index (χ1) is 19.6. The van der Waals surface area contributed by atoms with Crippen LogP contribution in [0.5, 0.6) is 5.75 Å². The summed E-state index contributed by atoms with van der Waals surface area (Å²) in [6, 6.07) is 12.9. The molecule has 3 aromatic rings. The molecule has 2 aliphatic heterocycles. The van der Waals surface area contributed by atoms with Crippen LogP contribution in [0.15, 0.2) is 67.0 Å². The standard InChI is InChI=1S/C29H31F3N4O4S/c1-35(20-10-15-36(16-11-20)21-8-13-33-14-9-21)28(37)19-6-7-26-23(18-19)25(12-17-40-26)34-27(41(38)39)22-4-2-3-5-24(22)29(30,31)32/h2-9,13-14,18,20,25,27,34H,10-12,15-17H2,1H3,(H,38,39)/p-1. The van der Waals surface area contributed by atoms with Gasteiger partial charge in [0.2, 0.25) is 0 Å². The second kappa shape index (κ2) is 12.2. The minimum atomic E-state index is -4.72. The average Bonchev–Trinajstić information content (AvgIpc) is 2.99. The molecule has 0 spiro atoms. The molecular formula is C29H30F3N4O4S-. The van der Waals surface area contributed by atoms with Gasteiger partial charge in [-0.05, 0) is 65.9 Å². The van der Waals surface area contributed by atoms with E-state index < -0.39 is 34.2 Å². The summed E-state index contributed by atoms with van der Waals surface area (Å²) in [7, 11) is 1.77. The highest BCUT2D eigenvalue weighted by Gasteiger charge is 2.36. The van der Waals surface area contributed by atoms with Gasteiger partial charge in [0.1, 0.15) is 5.75 Å². The zero-order valence-corrected chi connectivity index (χ0v) is 23.2. The number of carbonyl (C=O) groups excluding carboxylic acids is 1. The molecule has 218 valence electrons. The topological polar surface area (TPSA) is 97.8 Å². The first-order valence-electron chi connectivity index (χ1n) is 13.3. The van der Waals surface area contributed by atoms with E-state index >= 15 is 0 Å². The Morgan fingerprint density at radius 3 is 2.51 bits per heavy atom. The van der Waals surface area contributed by atoms with Crippen molar-refractivity contribution in [1.82, 2.24) is 15.2 Å². The summed E-state index contributed by atoms with van der Waals surface area (Å²) >= 11 is -2.90. The second-order valence-corrected chi connectivity index (χ2v) is 11.2. The molecule has 0 aliphatic carbocycles. The number of hydrogen-bond donors (Lipinski definition) is 1. The number of rotatable bonds is 7. The summed E-state index contributed by atoms with van der Waals surface area (Å²) in [6.07, 6.45) is 0.685. The lowest BCUT2D eigenvalue weighted by Crippen LogP contribution is -2.45. The molecule has 41 heavy (non-hydrogen) atoms. The number of hydrogen-bond acceptors (Lipinski definition) is 7. The monoisotopic (exact) mass is 587 g/mol. The van der Waals surface area contributed by atoms with Gasteiger partial charge < -0.3 is 19.1 Å². The van der Waals surface area contributed by atoms with Crippen molar-refractivity contribution in [3.8, 4) is 5.75 Å². The van der Waals surface area contributed by atoms with Crippen molar-refractivity contribution in [2.24, 2.45) is 0 Å². The van der Waals surface area contributed by atoms with Gasteiger partial charge in [0, 0.05) is 67.8 Å². The molecular weight excluding hydrogens is 557 g/mol. The maximum Gasteiger partial charge on any atom is 0.416 e. The van der Waals surface area contributed by atoms with Gasteiger partial charge in [0.15, 0.2) is 0 Å². The average molecular weight is 588 g/mol. The number of aromatic nitrogens is 1. The van der Waals surface area contributed by atoms with Gasteiger partial charge in [-0.1, -0.05) is 18.2 Å². The van der Waals surface area contributed by atoms with Crippen LogP contribution in [0.25, 0.3) is 0 Å². The molecule has 8 nitrogen and oxygen atoms in total. The molecule has 3 unspecified atom stereocenters. The molecule has 3 heterocycles. The molecule has 0 saturated carbocycles. The Bertz CT molecular complexity index is 1400. The van der Waals surface area contributed by atoms with Crippen LogP contribution in [0.1, 0.15) is 57.7 Å². The zero-order valence-electron chi connectivity index (χ0n) is 22.3. The Morgan fingerprint density at radius 2 is 1.83 bits per heavy atom. The summed E-state index contributed by atoms with van der Waals surface area (Å²) in [5, 5.41) is 1.28. The first-order valence-corrected chi connectivity index (χ1v) is 14.5. The molecule has 1 aromatic heterocycles. The van der Waals surface area contributed by atoms with Crippen LogP contribution in [0.4, 0.5) is 18.9 Å². The summed E-state index contributed by atoms with van der Waals surface area (Å²) in [5.74, 6) is 0.268. The van der Waals surface area contributed by atoms with Crippen LogP contribution >= 0.6 is 0 Å². The molecule has 2 aromatic carbocycles. The summed E-state index contributed by atoms with van der Waals surface area (Å²) in [4.78, 5) is 21.6. The number of nitrogens with zero attached hydrogens (tertiary/aromatic N) is 3. The molecule has 0 radical (unpaired) electrons. The van der Waals surface area contributed by atoms with Gasteiger partial charge in [0.05, 0.1) is 17.5 Å². The number of anilines is 1. The fourth-order valence-electron chi connectivity index (χ4n) is 5.55. The lowest BCUT2D eigenvalue weighted by molar-refractivity contribution is -0.138. The van der Waals surface area contributed by atoms with E-state index in [9.17, 15) is 26.7 Å². The Labute approximate surface area is 238 Å². The fourth-order valence-corrected chi connectivity index (χ4v) is 6.24. The Morgan fingerprint density at radius 1 is 1.12 bits per heavy atom. The number of fused-ring (bicyclic) bond motifs is 1. The molecule has 3 atom stereocenters. The Balaban J connectivity index is 1.33. The van der Waals surface area contributed by atoms with Gasteiger partial charge in [-0.15, -0.1) is 0 Å². The SMILES string of the molecule is CN(C(=O)c1ccc2c(c1)C(NC(c1ccccc1C(F)(F)F)S(=O)[O-])CCO2)C1CCN(c2ccncc2)CC1. The number of carbonyl (C=O) groups is 1. The van der Waals surface area contributed by atoms with E-state index in [4.69, 9.17) is 4.74 Å². The van der Waals surface area contributed by atoms with E-state index in [0.717, 1.165) is 43.8 Å². The maximum absolute atomic E-state index is 13.7. The van der Waals surface area contributed by atoms with E-state index in [1.807, 2.05) is 12.1 Å². The molecule has 0 bridgehead atoms. The van der Waals surface area contributed by atoms with Crippen molar-refractivity contribution in [1.29, 1.82) is 0 Å². The quantitative estimate of drug-likeness (QED) is 0.396. The summed E-state index contributed by atoms with van der Waals surface area (Å²) in [5.41, 5.74) is 0.621. The number of piperidine rings is 1. The van der Waals surface area contributed by atoms with Gasteiger partial charge >= 0.3 is 6.18 Å². The van der Waals surface area contributed by atoms with Crippen molar-refractivity contribution >= 4 is 22.7 Å². The lowest BCUT2D eigenvalue weighted by Gasteiger charge is -2.38. The zero-order chi connectivity index (χ0) is 29.1. The van der Waals surface area contributed by atoms with Gasteiger partial charge in [-0.25, -0.2) is 0 Å². The normalized spacial score (nSPS) is 19.1. The Kier molecular flexibility index (Phi) is 8.62. The van der Waals surface area contributed by atoms with Crippen LogP contribution < -0.4 is 15.0 Å². The second-order valence-electron chi connectivity index (χ2n) is 10.2. The molecule has 1 fully saturated rings. The van der Waals surface area contributed by atoms with Crippen LogP contribution in [0.2, 0.25) is 0 Å². The summed E-state index contributed by atoms with van der Waals surface area (Å²) in [6.45, 7) is 1.83. The maximum atomic E-state index is 13.7. The lowest BCUT2D eigenvalue weighted by atomic mass is 9.96. The molecule has 12 heteroatoms.